The number of carbonyl (C=O) groups excluding carboxylic acids is 1. The van der Waals surface area contributed by atoms with Gasteiger partial charge >= 0.3 is 6.18 Å². The van der Waals surface area contributed by atoms with Crippen molar-refractivity contribution in [3.8, 4) is 5.75 Å². The Kier molecular flexibility index (Phi) is 6.15. The summed E-state index contributed by atoms with van der Waals surface area (Å²) in [6, 6.07) is 11.3. The Hall–Kier alpha value is -2.62. The molecule has 2 heterocycles. The van der Waals surface area contributed by atoms with Crippen LogP contribution in [0.5, 0.6) is 5.75 Å². The first-order valence-corrected chi connectivity index (χ1v) is 10.3. The Morgan fingerprint density at radius 3 is 2.28 bits per heavy atom. The number of alkyl halides is 3. The molecule has 2 atom stereocenters. The first-order valence-electron chi connectivity index (χ1n) is 10.3. The van der Waals surface area contributed by atoms with Gasteiger partial charge in [0.1, 0.15) is 23.6 Å². The number of methoxy groups -OCH3 is 1. The lowest BCUT2D eigenvalue weighted by Gasteiger charge is -2.38. The van der Waals surface area contributed by atoms with Gasteiger partial charge in [0.2, 0.25) is 0 Å². The van der Waals surface area contributed by atoms with E-state index in [-0.39, 0.29) is 19.1 Å². The van der Waals surface area contributed by atoms with Gasteiger partial charge in [-0.3, -0.25) is 4.79 Å². The maximum atomic E-state index is 12.9. The van der Waals surface area contributed by atoms with Crippen LogP contribution in [0.4, 0.5) is 13.2 Å². The van der Waals surface area contributed by atoms with Crippen LogP contribution >= 0.6 is 0 Å². The minimum atomic E-state index is -4.40. The molecule has 0 spiro atoms. The smallest absolute Gasteiger partial charge is 0.416 e. The van der Waals surface area contributed by atoms with Crippen LogP contribution in [0.25, 0.3) is 0 Å². The van der Waals surface area contributed by atoms with E-state index in [4.69, 9.17) is 14.2 Å². The van der Waals surface area contributed by atoms with Gasteiger partial charge in [0, 0.05) is 25.6 Å². The summed E-state index contributed by atoms with van der Waals surface area (Å²) in [5, 5.41) is 10.3. The van der Waals surface area contributed by atoms with Gasteiger partial charge in [0.05, 0.1) is 25.3 Å². The lowest BCUT2D eigenvalue weighted by atomic mass is 9.91. The monoisotopic (exact) mass is 451 g/mol. The average Bonchev–Trinajstić information content (AvgIpc) is 2.77. The van der Waals surface area contributed by atoms with Gasteiger partial charge in [-0.05, 0) is 42.0 Å². The predicted octanol–water partition coefficient (Wildman–Crippen LogP) is 3.23. The Morgan fingerprint density at radius 1 is 1.09 bits per heavy atom. The number of hydrogen-bond donors (Lipinski definition) is 1. The van der Waals surface area contributed by atoms with E-state index in [1.807, 2.05) is 0 Å². The molecule has 6 nitrogen and oxygen atoms in total. The Balaban J connectivity index is 1.38. The standard InChI is InChI=1S/C23H24F3NO5/c1-30-20-12-27(21(28)15-2-4-16(5-3-15)22(29)13-31-14-22)11-10-19(20)32-18-8-6-17(7-9-18)23(24,25)26/h2-9,19-20,29H,10-14H2,1H3. The minimum absolute atomic E-state index is 0.163. The summed E-state index contributed by atoms with van der Waals surface area (Å²) in [7, 11) is 1.51. The van der Waals surface area contributed by atoms with Gasteiger partial charge < -0.3 is 24.2 Å². The van der Waals surface area contributed by atoms with Crippen LogP contribution in [0.2, 0.25) is 0 Å². The topological polar surface area (TPSA) is 68.2 Å². The van der Waals surface area contributed by atoms with E-state index in [2.05, 4.69) is 0 Å². The second kappa shape index (κ2) is 8.73. The zero-order valence-electron chi connectivity index (χ0n) is 17.5. The minimum Gasteiger partial charge on any atom is -0.488 e. The second-order valence-corrected chi connectivity index (χ2v) is 8.09. The third kappa shape index (κ3) is 4.60. The SMILES string of the molecule is COC1CN(C(=O)c2ccc(C3(O)COC3)cc2)CCC1Oc1ccc(C(F)(F)F)cc1. The number of ether oxygens (including phenoxy) is 3. The first kappa shape index (κ1) is 22.6. The van der Waals surface area contributed by atoms with Crippen molar-refractivity contribution in [3.63, 3.8) is 0 Å². The van der Waals surface area contributed by atoms with Crippen molar-refractivity contribution in [1.82, 2.24) is 4.90 Å². The molecule has 1 amide bonds. The molecule has 1 N–H and O–H groups in total. The Labute approximate surface area is 183 Å². The van der Waals surface area contributed by atoms with E-state index in [1.54, 1.807) is 29.2 Å². The lowest BCUT2D eigenvalue weighted by Crippen LogP contribution is -2.51. The van der Waals surface area contributed by atoms with Crippen LogP contribution in [0.1, 0.15) is 27.9 Å². The van der Waals surface area contributed by atoms with E-state index in [1.165, 1.54) is 19.2 Å². The van der Waals surface area contributed by atoms with Gasteiger partial charge in [-0.2, -0.15) is 13.2 Å². The first-order chi connectivity index (χ1) is 15.2. The quantitative estimate of drug-likeness (QED) is 0.756. The predicted molar refractivity (Wildman–Crippen MR) is 108 cm³/mol. The maximum absolute atomic E-state index is 12.9. The van der Waals surface area contributed by atoms with Crippen molar-refractivity contribution in [3.05, 3.63) is 65.2 Å². The number of halogens is 3. The molecule has 2 unspecified atom stereocenters. The average molecular weight is 451 g/mol. The zero-order chi connectivity index (χ0) is 22.9. The van der Waals surface area contributed by atoms with Crippen molar-refractivity contribution in [2.75, 3.05) is 33.4 Å². The van der Waals surface area contributed by atoms with Crippen molar-refractivity contribution in [2.24, 2.45) is 0 Å². The van der Waals surface area contributed by atoms with Gasteiger partial charge in [0.15, 0.2) is 0 Å². The third-order valence-corrected chi connectivity index (χ3v) is 5.91. The van der Waals surface area contributed by atoms with Gasteiger partial charge in [-0.1, -0.05) is 12.1 Å². The Morgan fingerprint density at radius 2 is 1.75 bits per heavy atom. The van der Waals surface area contributed by atoms with Crippen molar-refractivity contribution in [1.29, 1.82) is 0 Å². The third-order valence-electron chi connectivity index (χ3n) is 5.91. The number of hydrogen-bond acceptors (Lipinski definition) is 5. The molecule has 2 aliphatic heterocycles. The number of piperidine rings is 1. The number of nitrogens with zero attached hydrogens (tertiary/aromatic N) is 1. The van der Waals surface area contributed by atoms with Crippen LogP contribution in [0.3, 0.4) is 0 Å². The summed E-state index contributed by atoms with van der Waals surface area (Å²) in [6.45, 7) is 1.19. The fourth-order valence-corrected chi connectivity index (χ4v) is 3.91. The van der Waals surface area contributed by atoms with E-state index in [0.29, 0.717) is 36.4 Å². The highest BCUT2D eigenvalue weighted by atomic mass is 19.4. The summed E-state index contributed by atoms with van der Waals surface area (Å²) < 4.78 is 54.7. The van der Waals surface area contributed by atoms with Crippen LogP contribution in [0, 0.1) is 0 Å². The second-order valence-electron chi connectivity index (χ2n) is 8.09. The van der Waals surface area contributed by atoms with Crippen LogP contribution in [0.15, 0.2) is 48.5 Å². The van der Waals surface area contributed by atoms with Gasteiger partial charge in [0.25, 0.3) is 5.91 Å². The number of carbonyl (C=O) groups is 1. The number of rotatable bonds is 5. The molecule has 0 radical (unpaired) electrons. The van der Waals surface area contributed by atoms with Crippen molar-refractivity contribution in [2.45, 2.75) is 30.4 Å². The Bertz CT molecular complexity index is 942. The van der Waals surface area contributed by atoms with E-state index < -0.39 is 29.5 Å². The summed E-state index contributed by atoms with van der Waals surface area (Å²) in [4.78, 5) is 14.6. The van der Waals surface area contributed by atoms with Gasteiger partial charge in [-0.25, -0.2) is 0 Å². The largest absolute Gasteiger partial charge is 0.488 e. The maximum Gasteiger partial charge on any atom is 0.416 e. The molecule has 0 bridgehead atoms. The normalized spacial score (nSPS) is 22.8. The molecule has 9 heteroatoms. The van der Waals surface area contributed by atoms with E-state index in [9.17, 15) is 23.1 Å². The molecule has 2 aliphatic rings. The number of aliphatic hydroxyl groups is 1. The van der Waals surface area contributed by atoms with Crippen LogP contribution in [-0.2, 0) is 21.3 Å². The molecule has 172 valence electrons. The molecule has 32 heavy (non-hydrogen) atoms. The summed E-state index contributed by atoms with van der Waals surface area (Å²) in [6.07, 6.45) is -4.75. The highest BCUT2D eigenvalue weighted by molar-refractivity contribution is 5.94. The summed E-state index contributed by atoms with van der Waals surface area (Å²) in [5.74, 6) is 0.154. The molecule has 4 rings (SSSR count). The van der Waals surface area contributed by atoms with Crippen LogP contribution < -0.4 is 4.74 Å². The molecule has 0 aliphatic carbocycles. The summed E-state index contributed by atoms with van der Waals surface area (Å²) in [5.41, 5.74) is -0.527. The highest BCUT2D eigenvalue weighted by Crippen LogP contribution is 2.32. The number of likely N-dealkylation sites (tertiary alicyclic amines) is 1. The molecular formula is C23H24F3NO5. The van der Waals surface area contributed by atoms with E-state index >= 15 is 0 Å². The molecule has 2 aromatic carbocycles. The molecule has 0 aromatic heterocycles. The molecule has 0 saturated carbocycles. The molecular weight excluding hydrogens is 427 g/mol. The fourth-order valence-electron chi connectivity index (χ4n) is 3.91. The van der Waals surface area contributed by atoms with Gasteiger partial charge in [-0.15, -0.1) is 0 Å². The number of benzene rings is 2. The van der Waals surface area contributed by atoms with E-state index in [0.717, 1.165) is 12.1 Å². The zero-order valence-corrected chi connectivity index (χ0v) is 17.5. The lowest BCUT2D eigenvalue weighted by molar-refractivity contribution is -0.184. The van der Waals surface area contributed by atoms with Crippen molar-refractivity contribution >= 4 is 5.91 Å². The molecule has 2 aromatic rings. The highest BCUT2D eigenvalue weighted by Gasteiger charge is 2.38. The molecule has 2 fully saturated rings. The summed E-state index contributed by atoms with van der Waals surface area (Å²) >= 11 is 0. The van der Waals surface area contributed by atoms with Crippen LogP contribution in [-0.4, -0.2) is 61.5 Å². The molecule has 2 saturated heterocycles. The number of amides is 1. The van der Waals surface area contributed by atoms with Crippen molar-refractivity contribution < 1.29 is 37.3 Å². The fraction of sp³-hybridized carbons (Fsp3) is 0.435.